The van der Waals surface area contributed by atoms with E-state index in [1.165, 1.54) is 5.56 Å². The molecular weight excluding hydrogens is 328 g/mol. The molecule has 2 rings (SSSR count). The van der Waals surface area contributed by atoms with E-state index >= 15 is 0 Å². The van der Waals surface area contributed by atoms with Crippen LogP contribution in [0.5, 0.6) is 11.5 Å². The number of quaternary nitrogens is 1. The number of likely N-dealkylation sites (N-methyl/N-ethyl adjacent to an activating group) is 1. The van der Waals surface area contributed by atoms with Crippen molar-refractivity contribution in [3.05, 3.63) is 54.1 Å². The average Bonchev–Trinajstić information content (AvgIpc) is 2.64. The van der Waals surface area contributed by atoms with Crippen molar-refractivity contribution in [2.45, 2.75) is 26.8 Å². The van der Waals surface area contributed by atoms with Crippen LogP contribution in [-0.4, -0.2) is 32.7 Å². The minimum Gasteiger partial charge on any atom is -0.490 e. The van der Waals surface area contributed by atoms with Crippen molar-refractivity contribution in [2.75, 3.05) is 32.1 Å². The van der Waals surface area contributed by atoms with Crippen molar-refractivity contribution in [3.8, 4) is 11.5 Å². The molecule has 26 heavy (non-hydrogen) atoms. The highest BCUT2D eigenvalue weighted by Crippen LogP contribution is 2.30. The van der Waals surface area contributed by atoms with Gasteiger partial charge in [0.05, 0.1) is 20.3 Å². The van der Waals surface area contributed by atoms with E-state index < -0.39 is 0 Å². The molecule has 0 aromatic heterocycles. The Hall–Kier alpha value is -2.53. The Morgan fingerprint density at radius 2 is 1.69 bits per heavy atom. The van der Waals surface area contributed by atoms with Crippen LogP contribution in [0, 0.1) is 0 Å². The predicted octanol–water partition coefficient (Wildman–Crippen LogP) is 2.70. The largest absolute Gasteiger partial charge is 0.490 e. The van der Waals surface area contributed by atoms with Crippen LogP contribution in [0.2, 0.25) is 0 Å². The van der Waals surface area contributed by atoms with Gasteiger partial charge in [-0.3, -0.25) is 4.79 Å². The summed E-state index contributed by atoms with van der Waals surface area (Å²) >= 11 is 0. The highest BCUT2D eigenvalue weighted by Gasteiger charge is 2.18. The summed E-state index contributed by atoms with van der Waals surface area (Å²) < 4.78 is 11.2. The maximum absolute atomic E-state index is 12.4. The number of ether oxygens (including phenoxy) is 2. The van der Waals surface area contributed by atoms with E-state index in [0.717, 1.165) is 4.90 Å². The van der Waals surface area contributed by atoms with Gasteiger partial charge in [-0.25, -0.2) is 0 Å². The second-order valence-electron chi connectivity index (χ2n) is 6.23. The van der Waals surface area contributed by atoms with Gasteiger partial charge in [0.15, 0.2) is 18.0 Å². The Balaban J connectivity index is 1.99. The van der Waals surface area contributed by atoms with Crippen molar-refractivity contribution < 1.29 is 19.2 Å². The monoisotopic (exact) mass is 357 g/mol. The molecule has 0 spiro atoms. The van der Waals surface area contributed by atoms with Gasteiger partial charge in [-0.15, -0.1) is 0 Å². The maximum atomic E-state index is 12.4. The molecule has 0 saturated carbocycles. The van der Waals surface area contributed by atoms with Crippen LogP contribution in [0.15, 0.2) is 48.5 Å². The first kappa shape index (κ1) is 19.8. The molecule has 0 radical (unpaired) electrons. The number of carbonyl (C=O) groups is 1. The molecule has 0 bridgehead atoms. The fourth-order valence-corrected chi connectivity index (χ4v) is 2.77. The van der Waals surface area contributed by atoms with Crippen LogP contribution in [0.4, 0.5) is 5.69 Å². The smallest absolute Gasteiger partial charge is 0.279 e. The topological polar surface area (TPSA) is 52.0 Å². The predicted molar refractivity (Wildman–Crippen MR) is 104 cm³/mol. The molecule has 2 atom stereocenters. The number of anilines is 1. The molecule has 0 saturated heterocycles. The van der Waals surface area contributed by atoms with E-state index in [2.05, 4.69) is 24.4 Å². The highest BCUT2D eigenvalue weighted by atomic mass is 16.5. The van der Waals surface area contributed by atoms with Gasteiger partial charge < -0.3 is 19.7 Å². The van der Waals surface area contributed by atoms with Gasteiger partial charge in [0, 0.05) is 17.3 Å². The molecule has 0 aliphatic carbocycles. The number of amides is 1. The third-order valence-corrected chi connectivity index (χ3v) is 4.31. The summed E-state index contributed by atoms with van der Waals surface area (Å²) in [5, 5.41) is 2.95. The summed E-state index contributed by atoms with van der Waals surface area (Å²) in [4.78, 5) is 13.6. The Bertz CT molecular complexity index is 704. The molecule has 5 heteroatoms. The molecule has 2 aromatic carbocycles. The first-order valence-corrected chi connectivity index (χ1v) is 9.11. The van der Waals surface area contributed by atoms with E-state index in [9.17, 15) is 4.79 Å². The molecular formula is C21H29N2O3+. The fraction of sp³-hybridized carbons (Fsp3) is 0.381. The zero-order valence-corrected chi connectivity index (χ0v) is 16.0. The SMILES string of the molecule is CCOc1ccc(NC(=O)C[NH+](C)[C@H](C)c2ccccc2)cc1OCC. The van der Waals surface area contributed by atoms with Gasteiger partial charge in [0.2, 0.25) is 0 Å². The Morgan fingerprint density at radius 1 is 1.04 bits per heavy atom. The van der Waals surface area contributed by atoms with E-state index in [-0.39, 0.29) is 11.9 Å². The van der Waals surface area contributed by atoms with E-state index in [0.29, 0.717) is 36.9 Å². The van der Waals surface area contributed by atoms with Crippen LogP contribution in [0.1, 0.15) is 32.4 Å². The van der Waals surface area contributed by atoms with Crippen LogP contribution >= 0.6 is 0 Å². The second-order valence-corrected chi connectivity index (χ2v) is 6.23. The first-order chi connectivity index (χ1) is 12.5. The van der Waals surface area contributed by atoms with Crippen molar-refractivity contribution in [1.82, 2.24) is 0 Å². The van der Waals surface area contributed by atoms with Crippen molar-refractivity contribution in [3.63, 3.8) is 0 Å². The quantitative estimate of drug-likeness (QED) is 0.725. The Morgan fingerprint density at radius 3 is 2.35 bits per heavy atom. The number of benzene rings is 2. The van der Waals surface area contributed by atoms with E-state index in [4.69, 9.17) is 9.47 Å². The lowest BCUT2D eigenvalue weighted by Gasteiger charge is -2.21. The summed E-state index contributed by atoms with van der Waals surface area (Å²) in [7, 11) is 2.03. The molecule has 5 nitrogen and oxygen atoms in total. The van der Waals surface area contributed by atoms with Gasteiger partial charge in [0.1, 0.15) is 6.04 Å². The standard InChI is InChI=1S/C21H28N2O3/c1-5-25-19-13-12-18(14-20(19)26-6-2)22-21(24)15-23(4)16(3)17-10-8-7-9-11-17/h7-14,16H,5-6,15H2,1-4H3,(H,22,24)/p+1/t16-/m1/s1. The summed E-state index contributed by atoms with van der Waals surface area (Å²) in [6.07, 6.45) is 0. The number of hydrogen-bond donors (Lipinski definition) is 2. The normalized spacial score (nSPS) is 12.9. The summed E-state index contributed by atoms with van der Waals surface area (Å²) in [6.45, 7) is 7.47. The van der Waals surface area contributed by atoms with Gasteiger partial charge in [-0.05, 0) is 32.9 Å². The molecule has 140 valence electrons. The lowest BCUT2D eigenvalue weighted by atomic mass is 10.1. The van der Waals surface area contributed by atoms with Gasteiger partial charge in [0.25, 0.3) is 5.91 Å². The average molecular weight is 357 g/mol. The molecule has 0 fully saturated rings. The Kier molecular flexibility index (Phi) is 7.48. The Labute approximate surface area is 155 Å². The van der Waals surface area contributed by atoms with Gasteiger partial charge >= 0.3 is 0 Å². The van der Waals surface area contributed by atoms with Crippen LogP contribution in [0.3, 0.4) is 0 Å². The fourth-order valence-electron chi connectivity index (χ4n) is 2.77. The first-order valence-electron chi connectivity index (χ1n) is 9.11. The molecule has 2 N–H and O–H groups in total. The van der Waals surface area contributed by atoms with Gasteiger partial charge in [-0.2, -0.15) is 0 Å². The molecule has 0 aliphatic heterocycles. The number of hydrogen-bond acceptors (Lipinski definition) is 3. The van der Waals surface area contributed by atoms with E-state index in [1.807, 2.05) is 57.3 Å². The van der Waals surface area contributed by atoms with Crippen LogP contribution < -0.4 is 19.7 Å². The number of nitrogens with one attached hydrogen (secondary N) is 2. The third kappa shape index (κ3) is 5.49. The lowest BCUT2D eigenvalue weighted by molar-refractivity contribution is -0.902. The zero-order chi connectivity index (χ0) is 18.9. The molecule has 0 aliphatic rings. The molecule has 0 heterocycles. The lowest BCUT2D eigenvalue weighted by Crippen LogP contribution is -3.10. The third-order valence-electron chi connectivity index (χ3n) is 4.31. The van der Waals surface area contributed by atoms with Crippen LogP contribution in [0.25, 0.3) is 0 Å². The highest BCUT2D eigenvalue weighted by molar-refractivity contribution is 5.91. The van der Waals surface area contributed by atoms with Crippen molar-refractivity contribution in [2.24, 2.45) is 0 Å². The summed E-state index contributed by atoms with van der Waals surface area (Å²) in [6, 6.07) is 15.9. The zero-order valence-electron chi connectivity index (χ0n) is 16.0. The minimum atomic E-state index is -0.0307. The molecule has 1 amide bonds. The van der Waals surface area contributed by atoms with Gasteiger partial charge in [-0.1, -0.05) is 30.3 Å². The van der Waals surface area contributed by atoms with Crippen LogP contribution in [-0.2, 0) is 4.79 Å². The minimum absolute atomic E-state index is 0.0307. The maximum Gasteiger partial charge on any atom is 0.279 e. The van der Waals surface area contributed by atoms with Crippen molar-refractivity contribution in [1.29, 1.82) is 0 Å². The van der Waals surface area contributed by atoms with E-state index in [1.54, 1.807) is 0 Å². The second kappa shape index (κ2) is 9.82. The number of rotatable bonds is 9. The molecule has 1 unspecified atom stereocenters. The number of carbonyl (C=O) groups excluding carboxylic acids is 1. The van der Waals surface area contributed by atoms with Crippen molar-refractivity contribution >= 4 is 11.6 Å². The molecule has 2 aromatic rings. The summed E-state index contributed by atoms with van der Waals surface area (Å²) in [5.74, 6) is 1.30. The summed E-state index contributed by atoms with van der Waals surface area (Å²) in [5.41, 5.74) is 1.93.